The Kier molecular flexibility index (Phi) is 9.78. The Morgan fingerprint density at radius 3 is 1.72 bits per heavy atom. The fourth-order valence-corrected chi connectivity index (χ4v) is 12.2. The number of benzene rings is 4. The van der Waals surface area contributed by atoms with Gasteiger partial charge in [0.05, 0.1) is 33.6 Å². The van der Waals surface area contributed by atoms with Crippen LogP contribution in [0, 0.1) is 6.92 Å². The highest BCUT2D eigenvalue weighted by Gasteiger charge is 2.52. The van der Waals surface area contributed by atoms with E-state index in [4.69, 9.17) is 4.43 Å². The molecule has 0 saturated carbocycles. The largest absolute Gasteiger partial charge is 0.402 e. The van der Waals surface area contributed by atoms with Gasteiger partial charge < -0.3 is 9.53 Å². The number of hydrogen-bond donors (Lipinski definition) is 1. The molecule has 0 aliphatic heterocycles. The first kappa shape index (κ1) is 29.6. The number of aliphatic hydroxyl groups is 1. The summed E-state index contributed by atoms with van der Waals surface area (Å²) in [5.74, 6) is 0.243. The van der Waals surface area contributed by atoms with E-state index < -0.39 is 36.2 Å². The molecule has 1 N–H and O–H groups in total. The number of aryl methyl sites for hydroxylation is 1. The van der Waals surface area contributed by atoms with Gasteiger partial charge in [0.1, 0.15) is 0 Å². The molecule has 0 amide bonds. The van der Waals surface area contributed by atoms with E-state index in [0.717, 1.165) is 26.4 Å². The molecule has 4 atom stereocenters. The molecule has 0 aromatic heterocycles. The fraction of sp³-hybridized carbons (Fsp3) is 0.273. The molecule has 4 aromatic rings. The normalized spacial score (nSPS) is 15.3. The average molecular weight is 622 g/mol. The van der Waals surface area contributed by atoms with Crippen LogP contribution in [0.2, 0.25) is 5.04 Å². The standard InChI is InChI=1S/C33H37BrO3SSi/c1-25-20-22-27(23-21-25)38(36)24-30(31(34)32(35)26-14-8-5-9-15-26)37-39(33(2,3)4,28-16-10-6-11-17-28)29-18-12-7-13-19-29/h5-23,30-32,35H,24H2,1-4H3/t30-,31+,32-,38+/m0/s1. The molecular weight excluding hydrogens is 584 g/mol. The molecule has 6 heteroatoms. The van der Waals surface area contributed by atoms with Gasteiger partial charge in [-0.05, 0) is 40.0 Å². The van der Waals surface area contributed by atoms with Crippen molar-refractivity contribution in [3.63, 3.8) is 0 Å². The zero-order valence-electron chi connectivity index (χ0n) is 23.0. The van der Waals surface area contributed by atoms with Crippen LogP contribution < -0.4 is 10.4 Å². The maximum Gasteiger partial charge on any atom is 0.261 e. The third-order valence-electron chi connectivity index (χ3n) is 7.14. The van der Waals surface area contributed by atoms with Crippen molar-refractivity contribution in [2.45, 2.75) is 54.7 Å². The summed E-state index contributed by atoms with van der Waals surface area (Å²) < 4.78 is 21.2. The van der Waals surface area contributed by atoms with Gasteiger partial charge in [0, 0.05) is 4.90 Å². The molecule has 0 fully saturated rings. The molecule has 0 aliphatic carbocycles. The van der Waals surface area contributed by atoms with Crippen molar-refractivity contribution < 1.29 is 13.7 Å². The lowest BCUT2D eigenvalue weighted by Crippen LogP contribution is -2.68. The maximum atomic E-state index is 13.8. The minimum absolute atomic E-state index is 0.243. The predicted molar refractivity (Wildman–Crippen MR) is 169 cm³/mol. The molecule has 39 heavy (non-hydrogen) atoms. The van der Waals surface area contributed by atoms with Gasteiger partial charge in [-0.3, -0.25) is 4.21 Å². The first-order valence-corrected chi connectivity index (χ1v) is 17.4. The third-order valence-corrected chi connectivity index (χ3v) is 14.7. The summed E-state index contributed by atoms with van der Waals surface area (Å²) in [5.41, 5.74) is 1.91. The van der Waals surface area contributed by atoms with Crippen LogP contribution >= 0.6 is 15.9 Å². The topological polar surface area (TPSA) is 46.5 Å². The van der Waals surface area contributed by atoms with Gasteiger partial charge in [0.2, 0.25) is 0 Å². The summed E-state index contributed by atoms with van der Waals surface area (Å²) in [6.07, 6.45) is -1.39. The molecule has 0 radical (unpaired) electrons. The smallest absolute Gasteiger partial charge is 0.261 e. The Morgan fingerprint density at radius 2 is 1.26 bits per heavy atom. The van der Waals surface area contributed by atoms with Gasteiger partial charge >= 0.3 is 0 Å². The van der Waals surface area contributed by atoms with Crippen LogP contribution in [0.15, 0.2) is 120 Å². The second-order valence-corrected chi connectivity index (χ2v) is 17.8. The monoisotopic (exact) mass is 620 g/mol. The van der Waals surface area contributed by atoms with Gasteiger partial charge in [0.15, 0.2) is 0 Å². The number of rotatable bonds is 10. The molecule has 3 nitrogen and oxygen atoms in total. The first-order chi connectivity index (χ1) is 18.6. The van der Waals surface area contributed by atoms with E-state index in [1.165, 1.54) is 0 Å². The first-order valence-electron chi connectivity index (χ1n) is 13.2. The van der Waals surface area contributed by atoms with Crippen molar-refractivity contribution in [1.82, 2.24) is 0 Å². The quantitative estimate of drug-likeness (QED) is 0.162. The van der Waals surface area contributed by atoms with Gasteiger partial charge in [-0.25, -0.2) is 0 Å². The maximum absolute atomic E-state index is 13.8. The zero-order valence-corrected chi connectivity index (χ0v) is 26.4. The molecule has 0 bridgehead atoms. The van der Waals surface area contributed by atoms with Crippen molar-refractivity contribution in [3.8, 4) is 0 Å². The van der Waals surface area contributed by atoms with E-state index in [1.54, 1.807) is 0 Å². The Bertz CT molecular complexity index is 1300. The summed E-state index contributed by atoms with van der Waals surface area (Å²) in [7, 11) is -4.31. The molecule has 0 unspecified atom stereocenters. The molecule has 4 aromatic carbocycles. The minimum atomic E-state index is -2.97. The predicted octanol–water partition coefficient (Wildman–Crippen LogP) is 6.54. The lowest BCUT2D eigenvalue weighted by molar-refractivity contribution is 0.111. The van der Waals surface area contributed by atoms with E-state index in [2.05, 4.69) is 85.2 Å². The van der Waals surface area contributed by atoms with E-state index in [-0.39, 0.29) is 10.8 Å². The van der Waals surface area contributed by atoms with Crippen molar-refractivity contribution in [3.05, 3.63) is 126 Å². The number of alkyl halides is 1. The van der Waals surface area contributed by atoms with Gasteiger partial charge in [0.25, 0.3) is 8.32 Å². The van der Waals surface area contributed by atoms with Crippen LogP contribution in [-0.4, -0.2) is 34.3 Å². The highest BCUT2D eigenvalue weighted by Crippen LogP contribution is 2.40. The van der Waals surface area contributed by atoms with Crippen LogP contribution in [0.1, 0.15) is 38.0 Å². The van der Waals surface area contributed by atoms with Crippen LogP contribution in [-0.2, 0) is 15.2 Å². The highest BCUT2D eigenvalue weighted by atomic mass is 79.9. The molecule has 0 spiro atoms. The molecule has 4 rings (SSSR count). The SMILES string of the molecule is Cc1ccc([S@](=O)C[C@H](O[Si](c2ccccc2)(c2ccccc2)C(C)(C)C)[C@@H](Br)[C@@H](O)c2ccccc2)cc1. The van der Waals surface area contributed by atoms with Crippen LogP contribution in [0.3, 0.4) is 0 Å². The second kappa shape index (κ2) is 12.9. The van der Waals surface area contributed by atoms with Crippen molar-refractivity contribution in [2.24, 2.45) is 0 Å². The summed E-state index contributed by atoms with van der Waals surface area (Å²) in [6.45, 7) is 8.70. The Morgan fingerprint density at radius 1 is 0.795 bits per heavy atom. The average Bonchev–Trinajstić information content (AvgIpc) is 2.95. The van der Waals surface area contributed by atoms with Gasteiger partial charge in [-0.15, -0.1) is 0 Å². The van der Waals surface area contributed by atoms with Crippen molar-refractivity contribution >= 4 is 45.4 Å². The summed E-state index contributed by atoms with van der Waals surface area (Å²) in [4.78, 5) is 0.265. The van der Waals surface area contributed by atoms with Crippen molar-refractivity contribution in [1.29, 1.82) is 0 Å². The van der Waals surface area contributed by atoms with E-state index in [0.29, 0.717) is 0 Å². The van der Waals surface area contributed by atoms with Crippen LogP contribution in [0.25, 0.3) is 0 Å². The number of hydrogen-bond acceptors (Lipinski definition) is 3. The zero-order chi connectivity index (χ0) is 28.0. The number of halogens is 1. The van der Waals surface area contributed by atoms with Gasteiger partial charge in [-0.2, -0.15) is 0 Å². The van der Waals surface area contributed by atoms with E-state index in [1.807, 2.05) is 73.7 Å². The van der Waals surface area contributed by atoms with E-state index >= 15 is 0 Å². The Balaban J connectivity index is 1.84. The number of aliphatic hydroxyl groups excluding tert-OH is 1. The lowest BCUT2D eigenvalue weighted by atomic mass is 10.0. The highest BCUT2D eigenvalue weighted by molar-refractivity contribution is 9.09. The Hall–Kier alpha value is -2.35. The molecular formula is C33H37BrO3SSi. The van der Waals surface area contributed by atoms with Gasteiger partial charge in [-0.1, -0.05) is 145 Å². The second-order valence-electron chi connectivity index (χ2n) is 10.9. The summed E-state index contributed by atoms with van der Waals surface area (Å²) in [5, 5.41) is 13.5. The van der Waals surface area contributed by atoms with Crippen LogP contribution in [0.4, 0.5) is 0 Å². The summed E-state index contributed by atoms with van der Waals surface area (Å²) >= 11 is 3.84. The molecule has 0 saturated heterocycles. The molecule has 204 valence electrons. The minimum Gasteiger partial charge on any atom is -0.402 e. The van der Waals surface area contributed by atoms with Crippen molar-refractivity contribution in [2.75, 3.05) is 5.75 Å². The lowest BCUT2D eigenvalue weighted by Gasteiger charge is -2.46. The summed E-state index contributed by atoms with van der Waals surface area (Å²) in [6, 6.07) is 38.2. The third kappa shape index (κ3) is 6.69. The Labute approximate surface area is 245 Å². The molecule has 0 heterocycles. The van der Waals surface area contributed by atoms with E-state index in [9.17, 15) is 9.32 Å². The van der Waals surface area contributed by atoms with Crippen LogP contribution in [0.5, 0.6) is 0 Å². The molecule has 0 aliphatic rings. The fourth-order valence-electron chi connectivity index (χ4n) is 5.08.